The lowest BCUT2D eigenvalue weighted by Gasteiger charge is -2.06. The van der Waals surface area contributed by atoms with Crippen LogP contribution in [0.15, 0.2) is 58.8 Å². The molecule has 0 atom stereocenters. The van der Waals surface area contributed by atoms with E-state index in [9.17, 15) is 9.59 Å². The molecule has 0 heterocycles. The summed E-state index contributed by atoms with van der Waals surface area (Å²) in [5.74, 6) is -0.725. The number of nitrogen functional groups attached to an aromatic ring is 1. The van der Waals surface area contributed by atoms with Crippen LogP contribution < -0.4 is 22.1 Å². The number of anilines is 2. The van der Waals surface area contributed by atoms with Gasteiger partial charge in [0.15, 0.2) is 0 Å². The summed E-state index contributed by atoms with van der Waals surface area (Å²) in [6.45, 7) is -0.282. The molecule has 6 N–H and O–H groups in total. The molecular weight excluding hydrogens is 308 g/mol. The minimum Gasteiger partial charge on any atom is -0.399 e. The van der Waals surface area contributed by atoms with E-state index in [-0.39, 0.29) is 24.9 Å². The largest absolute Gasteiger partial charge is 0.399 e. The van der Waals surface area contributed by atoms with E-state index in [2.05, 4.69) is 20.9 Å². The number of hydrogen-bond acceptors (Lipinski definition) is 6. The van der Waals surface area contributed by atoms with Crippen molar-refractivity contribution in [3.8, 4) is 0 Å². The molecule has 0 aliphatic heterocycles. The van der Waals surface area contributed by atoms with Crippen molar-refractivity contribution < 1.29 is 9.59 Å². The molecular formula is C16H18N6O2. The standard InChI is InChI=1S/C16H18N6O2/c17-9-15(23)19-10-16(24)20-12-5-7-14(8-6-12)22-21-13-3-1-11(18)2-4-13/h1-8H,9-10,17-18H2,(H,19,23)(H,20,24)/b22-21+. The van der Waals surface area contributed by atoms with Gasteiger partial charge in [-0.05, 0) is 48.5 Å². The molecule has 0 fully saturated rings. The van der Waals surface area contributed by atoms with Gasteiger partial charge in [-0.25, -0.2) is 0 Å². The van der Waals surface area contributed by atoms with Crippen molar-refractivity contribution in [2.45, 2.75) is 0 Å². The summed E-state index contributed by atoms with van der Waals surface area (Å²) in [5.41, 5.74) is 13.3. The summed E-state index contributed by atoms with van der Waals surface area (Å²) in [6.07, 6.45) is 0. The van der Waals surface area contributed by atoms with E-state index in [1.807, 2.05) is 0 Å². The SMILES string of the molecule is NCC(=O)NCC(=O)Nc1ccc(/N=N/c2ccc(N)cc2)cc1. The molecule has 0 bridgehead atoms. The van der Waals surface area contributed by atoms with Crippen molar-refractivity contribution in [2.24, 2.45) is 16.0 Å². The maximum Gasteiger partial charge on any atom is 0.243 e. The summed E-state index contributed by atoms with van der Waals surface area (Å²) in [7, 11) is 0. The van der Waals surface area contributed by atoms with Crippen LogP contribution >= 0.6 is 0 Å². The van der Waals surface area contributed by atoms with E-state index < -0.39 is 0 Å². The van der Waals surface area contributed by atoms with Crippen LogP contribution in [0.4, 0.5) is 22.7 Å². The third-order valence-corrected chi connectivity index (χ3v) is 2.96. The minimum absolute atomic E-state index is 0.130. The average molecular weight is 326 g/mol. The number of carbonyl (C=O) groups excluding carboxylic acids is 2. The van der Waals surface area contributed by atoms with Gasteiger partial charge in [-0.1, -0.05) is 0 Å². The number of rotatable bonds is 6. The van der Waals surface area contributed by atoms with Gasteiger partial charge in [-0.3, -0.25) is 9.59 Å². The van der Waals surface area contributed by atoms with E-state index in [1.165, 1.54) is 0 Å². The monoisotopic (exact) mass is 326 g/mol. The Bertz CT molecular complexity index is 725. The first-order chi connectivity index (χ1) is 11.6. The summed E-state index contributed by atoms with van der Waals surface area (Å²) >= 11 is 0. The van der Waals surface area contributed by atoms with Gasteiger partial charge in [0.25, 0.3) is 0 Å². The Morgan fingerprint density at radius 1 is 0.875 bits per heavy atom. The van der Waals surface area contributed by atoms with E-state index >= 15 is 0 Å². The molecule has 124 valence electrons. The fourth-order valence-corrected chi connectivity index (χ4v) is 1.72. The Kier molecular flexibility index (Phi) is 5.98. The van der Waals surface area contributed by atoms with Gasteiger partial charge in [0, 0.05) is 11.4 Å². The summed E-state index contributed by atoms with van der Waals surface area (Å²) in [4.78, 5) is 22.6. The molecule has 24 heavy (non-hydrogen) atoms. The van der Waals surface area contributed by atoms with Crippen molar-refractivity contribution >= 4 is 34.6 Å². The molecule has 0 spiro atoms. The van der Waals surface area contributed by atoms with Crippen molar-refractivity contribution in [2.75, 3.05) is 24.1 Å². The molecule has 0 aliphatic carbocycles. The molecule has 8 heteroatoms. The predicted octanol–water partition coefficient (Wildman–Crippen LogP) is 1.70. The lowest BCUT2D eigenvalue weighted by Crippen LogP contribution is -2.36. The quantitative estimate of drug-likeness (QED) is 0.474. The molecule has 2 aromatic carbocycles. The number of nitrogens with zero attached hydrogens (tertiary/aromatic N) is 2. The van der Waals surface area contributed by atoms with Crippen molar-refractivity contribution in [3.63, 3.8) is 0 Å². The zero-order valence-electron chi connectivity index (χ0n) is 12.9. The molecule has 0 aromatic heterocycles. The number of amides is 2. The Morgan fingerprint density at radius 3 is 1.96 bits per heavy atom. The molecule has 2 amide bonds. The van der Waals surface area contributed by atoms with Gasteiger partial charge in [-0.2, -0.15) is 10.2 Å². The van der Waals surface area contributed by atoms with Gasteiger partial charge in [0.05, 0.1) is 24.5 Å². The number of benzene rings is 2. The number of azo groups is 1. The number of nitrogens with two attached hydrogens (primary N) is 2. The lowest BCUT2D eigenvalue weighted by atomic mass is 10.3. The number of hydrogen-bond donors (Lipinski definition) is 4. The van der Waals surface area contributed by atoms with Crippen LogP contribution in [0.25, 0.3) is 0 Å². The second-order valence-electron chi connectivity index (χ2n) is 4.87. The molecule has 0 radical (unpaired) electrons. The number of carbonyl (C=O) groups is 2. The second-order valence-corrected chi connectivity index (χ2v) is 4.87. The highest BCUT2D eigenvalue weighted by atomic mass is 16.2. The van der Waals surface area contributed by atoms with Crippen LogP contribution in [-0.2, 0) is 9.59 Å². The summed E-state index contributed by atoms with van der Waals surface area (Å²) in [6, 6.07) is 13.8. The van der Waals surface area contributed by atoms with Crippen molar-refractivity contribution in [1.29, 1.82) is 0 Å². The van der Waals surface area contributed by atoms with E-state index in [4.69, 9.17) is 11.5 Å². The maximum atomic E-state index is 11.6. The molecule has 2 aromatic rings. The summed E-state index contributed by atoms with van der Waals surface area (Å²) in [5, 5.41) is 13.2. The molecule has 2 rings (SSSR count). The number of nitrogens with one attached hydrogen (secondary N) is 2. The van der Waals surface area contributed by atoms with Gasteiger partial charge in [0.1, 0.15) is 0 Å². The predicted molar refractivity (Wildman–Crippen MR) is 92.2 cm³/mol. The minimum atomic E-state index is -0.386. The van der Waals surface area contributed by atoms with Crippen molar-refractivity contribution in [1.82, 2.24) is 5.32 Å². The smallest absolute Gasteiger partial charge is 0.243 e. The van der Waals surface area contributed by atoms with Crippen molar-refractivity contribution in [3.05, 3.63) is 48.5 Å². The normalized spacial score (nSPS) is 10.5. The summed E-state index contributed by atoms with van der Waals surface area (Å²) < 4.78 is 0. The van der Waals surface area contributed by atoms with E-state index in [1.54, 1.807) is 48.5 Å². The third kappa shape index (κ3) is 5.50. The maximum absolute atomic E-state index is 11.6. The van der Waals surface area contributed by atoms with Gasteiger partial charge < -0.3 is 22.1 Å². The van der Waals surface area contributed by atoms with Gasteiger partial charge in [-0.15, -0.1) is 0 Å². The third-order valence-electron chi connectivity index (χ3n) is 2.96. The average Bonchev–Trinajstić information content (AvgIpc) is 2.60. The second kappa shape index (κ2) is 8.39. The first kappa shape index (κ1) is 17.1. The molecule has 0 unspecified atom stereocenters. The van der Waals surface area contributed by atoms with Gasteiger partial charge in [0.2, 0.25) is 11.8 Å². The highest BCUT2D eigenvalue weighted by molar-refractivity contribution is 5.94. The Morgan fingerprint density at radius 2 is 1.42 bits per heavy atom. The van der Waals surface area contributed by atoms with Crippen LogP contribution in [0.1, 0.15) is 0 Å². The molecule has 0 aliphatic rings. The first-order valence-electron chi connectivity index (χ1n) is 7.21. The van der Waals surface area contributed by atoms with Crippen LogP contribution in [0.3, 0.4) is 0 Å². The van der Waals surface area contributed by atoms with Crippen LogP contribution in [-0.4, -0.2) is 24.9 Å². The van der Waals surface area contributed by atoms with E-state index in [0.29, 0.717) is 22.7 Å². The topological polar surface area (TPSA) is 135 Å². The highest BCUT2D eigenvalue weighted by Gasteiger charge is 2.04. The van der Waals surface area contributed by atoms with E-state index in [0.717, 1.165) is 0 Å². The lowest BCUT2D eigenvalue weighted by molar-refractivity contribution is -0.123. The highest BCUT2D eigenvalue weighted by Crippen LogP contribution is 2.20. The van der Waals surface area contributed by atoms with Crippen LogP contribution in [0, 0.1) is 0 Å². The fraction of sp³-hybridized carbons (Fsp3) is 0.125. The van der Waals surface area contributed by atoms with Gasteiger partial charge >= 0.3 is 0 Å². The van der Waals surface area contributed by atoms with Crippen LogP contribution in [0.5, 0.6) is 0 Å². The van der Waals surface area contributed by atoms with Crippen LogP contribution in [0.2, 0.25) is 0 Å². The Labute approximate surface area is 138 Å². The molecule has 0 saturated heterocycles. The Hall–Kier alpha value is -3.26. The fourth-order valence-electron chi connectivity index (χ4n) is 1.72. The Balaban J connectivity index is 1.89. The zero-order chi connectivity index (χ0) is 17.4. The molecule has 0 saturated carbocycles. The zero-order valence-corrected chi connectivity index (χ0v) is 12.9. The molecule has 8 nitrogen and oxygen atoms in total. The first-order valence-corrected chi connectivity index (χ1v) is 7.21.